The molecule has 1 aliphatic carbocycles. The standard InChI is InChI=1S/C9H15NO2.ClH/c1-12-9(11)7-2-6-3-8(4-7)10-5-6;/h6-8,10H,2-5H2,1H3;1H. The van der Waals surface area contributed by atoms with Gasteiger partial charge in [0.05, 0.1) is 13.0 Å². The van der Waals surface area contributed by atoms with Crippen molar-refractivity contribution < 1.29 is 9.53 Å². The molecule has 76 valence electrons. The molecule has 1 N–H and O–H groups in total. The number of ether oxygens (including phenoxy) is 1. The third kappa shape index (κ3) is 2.15. The Balaban J connectivity index is 0.000000845. The maximum absolute atomic E-state index is 11.2. The second-order valence-electron chi connectivity index (χ2n) is 3.90. The number of hydrogen-bond donors (Lipinski definition) is 1. The topological polar surface area (TPSA) is 38.3 Å². The Morgan fingerprint density at radius 3 is 2.77 bits per heavy atom. The molecule has 0 aromatic rings. The van der Waals surface area contributed by atoms with E-state index in [2.05, 4.69) is 5.32 Å². The van der Waals surface area contributed by atoms with E-state index < -0.39 is 0 Å². The van der Waals surface area contributed by atoms with Crippen molar-refractivity contribution in [3.05, 3.63) is 0 Å². The lowest BCUT2D eigenvalue weighted by Gasteiger charge is -2.24. The molecule has 1 saturated carbocycles. The van der Waals surface area contributed by atoms with Gasteiger partial charge in [0.25, 0.3) is 0 Å². The van der Waals surface area contributed by atoms with Crippen molar-refractivity contribution >= 4 is 18.4 Å². The Labute approximate surface area is 84.6 Å². The molecule has 13 heavy (non-hydrogen) atoms. The highest BCUT2D eigenvalue weighted by Gasteiger charge is 2.37. The second kappa shape index (κ2) is 4.29. The summed E-state index contributed by atoms with van der Waals surface area (Å²) in [4.78, 5) is 11.2. The van der Waals surface area contributed by atoms with Crippen LogP contribution in [0.2, 0.25) is 0 Å². The lowest BCUT2D eigenvalue weighted by molar-refractivity contribution is -0.146. The first-order valence-corrected chi connectivity index (χ1v) is 4.61. The van der Waals surface area contributed by atoms with E-state index in [1.165, 1.54) is 13.5 Å². The lowest BCUT2D eigenvalue weighted by Crippen LogP contribution is -2.29. The van der Waals surface area contributed by atoms with Gasteiger partial charge in [-0.2, -0.15) is 0 Å². The van der Waals surface area contributed by atoms with Gasteiger partial charge in [-0.15, -0.1) is 12.4 Å². The minimum atomic E-state index is -0.0200. The number of methoxy groups -OCH3 is 1. The maximum atomic E-state index is 11.2. The summed E-state index contributed by atoms with van der Waals surface area (Å²) in [6.07, 6.45) is 3.26. The van der Waals surface area contributed by atoms with Gasteiger partial charge < -0.3 is 10.1 Å². The quantitative estimate of drug-likeness (QED) is 0.649. The molecular weight excluding hydrogens is 190 g/mol. The van der Waals surface area contributed by atoms with Gasteiger partial charge in [0.2, 0.25) is 0 Å². The van der Waals surface area contributed by atoms with Crippen molar-refractivity contribution in [1.82, 2.24) is 5.32 Å². The molecule has 1 saturated heterocycles. The van der Waals surface area contributed by atoms with Crippen LogP contribution in [0.5, 0.6) is 0 Å². The summed E-state index contributed by atoms with van der Waals surface area (Å²) in [5.74, 6) is 0.856. The third-order valence-electron chi connectivity index (χ3n) is 3.03. The molecule has 1 aliphatic heterocycles. The summed E-state index contributed by atoms with van der Waals surface area (Å²) in [6, 6.07) is 0.577. The number of carbonyl (C=O) groups excluding carboxylic acids is 1. The number of esters is 1. The average Bonchev–Trinajstić information content (AvgIpc) is 2.44. The van der Waals surface area contributed by atoms with Crippen molar-refractivity contribution in [2.75, 3.05) is 13.7 Å². The molecule has 1 heterocycles. The summed E-state index contributed by atoms with van der Waals surface area (Å²) >= 11 is 0. The molecule has 2 rings (SSSR count). The molecule has 2 aliphatic rings. The summed E-state index contributed by atoms with van der Waals surface area (Å²) in [5.41, 5.74) is 0. The Morgan fingerprint density at radius 1 is 1.38 bits per heavy atom. The number of nitrogens with one attached hydrogen (secondary N) is 1. The first-order valence-electron chi connectivity index (χ1n) is 4.61. The second-order valence-corrected chi connectivity index (χ2v) is 3.90. The van der Waals surface area contributed by atoms with Gasteiger partial charge in [0, 0.05) is 6.04 Å². The molecule has 0 aromatic heterocycles. The monoisotopic (exact) mass is 205 g/mol. The van der Waals surface area contributed by atoms with Crippen molar-refractivity contribution in [1.29, 1.82) is 0 Å². The van der Waals surface area contributed by atoms with Crippen molar-refractivity contribution in [3.8, 4) is 0 Å². The summed E-state index contributed by atoms with van der Waals surface area (Å²) in [5, 5.41) is 3.42. The maximum Gasteiger partial charge on any atom is 0.308 e. The van der Waals surface area contributed by atoms with E-state index in [0.717, 1.165) is 19.4 Å². The highest BCUT2D eigenvalue weighted by Crippen LogP contribution is 2.33. The van der Waals surface area contributed by atoms with E-state index in [4.69, 9.17) is 4.74 Å². The number of halogens is 1. The normalized spacial score (nSPS) is 36.5. The number of fused-ring (bicyclic) bond motifs is 2. The van der Waals surface area contributed by atoms with Gasteiger partial charge >= 0.3 is 5.97 Å². The highest BCUT2D eigenvalue weighted by molar-refractivity contribution is 5.85. The zero-order valence-corrected chi connectivity index (χ0v) is 8.60. The van der Waals surface area contributed by atoms with Crippen LogP contribution in [-0.4, -0.2) is 25.7 Å². The Bertz CT molecular complexity index is 186. The van der Waals surface area contributed by atoms with Crippen LogP contribution in [-0.2, 0) is 9.53 Å². The fraction of sp³-hybridized carbons (Fsp3) is 0.889. The van der Waals surface area contributed by atoms with Crippen molar-refractivity contribution in [3.63, 3.8) is 0 Å². The van der Waals surface area contributed by atoms with Gasteiger partial charge in [-0.25, -0.2) is 0 Å². The van der Waals surface area contributed by atoms with Crippen LogP contribution in [0.15, 0.2) is 0 Å². The Morgan fingerprint density at radius 2 is 2.15 bits per heavy atom. The lowest BCUT2D eigenvalue weighted by atomic mass is 9.82. The highest BCUT2D eigenvalue weighted by atomic mass is 35.5. The van der Waals surface area contributed by atoms with E-state index in [9.17, 15) is 4.79 Å². The van der Waals surface area contributed by atoms with Gasteiger partial charge in [0.15, 0.2) is 0 Å². The van der Waals surface area contributed by atoms with Crippen molar-refractivity contribution in [2.24, 2.45) is 11.8 Å². The van der Waals surface area contributed by atoms with Crippen LogP contribution >= 0.6 is 12.4 Å². The molecule has 0 radical (unpaired) electrons. The molecule has 3 nitrogen and oxygen atoms in total. The Hall–Kier alpha value is -0.280. The van der Waals surface area contributed by atoms with Gasteiger partial charge in [0.1, 0.15) is 0 Å². The molecule has 3 unspecified atom stereocenters. The van der Waals surface area contributed by atoms with E-state index in [-0.39, 0.29) is 24.3 Å². The van der Waals surface area contributed by atoms with E-state index in [0.29, 0.717) is 12.0 Å². The molecule has 0 aromatic carbocycles. The minimum Gasteiger partial charge on any atom is -0.469 e. The van der Waals surface area contributed by atoms with Crippen LogP contribution in [0.25, 0.3) is 0 Å². The molecule has 0 amide bonds. The molecule has 2 bridgehead atoms. The number of carbonyl (C=O) groups is 1. The van der Waals surface area contributed by atoms with Crippen molar-refractivity contribution in [2.45, 2.75) is 25.3 Å². The zero-order chi connectivity index (χ0) is 8.55. The number of rotatable bonds is 1. The fourth-order valence-electron chi connectivity index (χ4n) is 2.46. The van der Waals surface area contributed by atoms with Gasteiger partial charge in [-0.05, 0) is 31.7 Å². The van der Waals surface area contributed by atoms with Crippen LogP contribution in [0.3, 0.4) is 0 Å². The predicted molar refractivity (Wildman–Crippen MR) is 51.9 cm³/mol. The first-order chi connectivity index (χ1) is 5.79. The molecular formula is C9H16ClNO2. The van der Waals surface area contributed by atoms with Crippen LogP contribution in [0, 0.1) is 11.8 Å². The van der Waals surface area contributed by atoms with Crippen LogP contribution < -0.4 is 5.32 Å². The first kappa shape index (κ1) is 10.8. The predicted octanol–water partition coefficient (Wildman–Crippen LogP) is 0.969. The minimum absolute atomic E-state index is 0. The largest absolute Gasteiger partial charge is 0.469 e. The smallest absolute Gasteiger partial charge is 0.308 e. The molecule has 2 fully saturated rings. The molecule has 0 spiro atoms. The molecule has 4 heteroatoms. The fourth-order valence-corrected chi connectivity index (χ4v) is 2.46. The Kier molecular flexibility index (Phi) is 3.56. The van der Waals surface area contributed by atoms with E-state index in [1.54, 1.807) is 0 Å². The number of hydrogen-bond acceptors (Lipinski definition) is 3. The summed E-state index contributed by atoms with van der Waals surface area (Å²) < 4.78 is 4.75. The van der Waals surface area contributed by atoms with Gasteiger partial charge in [-0.3, -0.25) is 4.79 Å². The van der Waals surface area contributed by atoms with E-state index in [1.807, 2.05) is 0 Å². The summed E-state index contributed by atoms with van der Waals surface area (Å²) in [6.45, 7) is 1.10. The zero-order valence-electron chi connectivity index (χ0n) is 7.79. The van der Waals surface area contributed by atoms with Gasteiger partial charge in [-0.1, -0.05) is 0 Å². The van der Waals surface area contributed by atoms with Crippen LogP contribution in [0.1, 0.15) is 19.3 Å². The average molecular weight is 206 g/mol. The molecule has 3 atom stereocenters. The van der Waals surface area contributed by atoms with E-state index >= 15 is 0 Å². The third-order valence-corrected chi connectivity index (χ3v) is 3.03. The van der Waals surface area contributed by atoms with Crippen LogP contribution in [0.4, 0.5) is 0 Å². The summed E-state index contributed by atoms with van der Waals surface area (Å²) in [7, 11) is 1.48. The SMILES string of the molecule is COC(=O)C1CC2CNC(C2)C1.Cl.